The van der Waals surface area contributed by atoms with Crippen molar-refractivity contribution in [1.82, 2.24) is 20.8 Å². The Kier molecular flexibility index (Phi) is 8.53. The van der Waals surface area contributed by atoms with Crippen molar-refractivity contribution in [2.45, 2.75) is 70.4 Å². The zero-order valence-corrected chi connectivity index (χ0v) is 19.9. The van der Waals surface area contributed by atoms with E-state index < -0.39 is 0 Å². The van der Waals surface area contributed by atoms with Gasteiger partial charge in [0.15, 0.2) is 0 Å². The van der Waals surface area contributed by atoms with Crippen LogP contribution >= 0.6 is 11.3 Å². The topological polar surface area (TPSA) is 96.0 Å². The van der Waals surface area contributed by atoms with E-state index in [-0.39, 0.29) is 29.3 Å². The van der Waals surface area contributed by atoms with Crippen molar-refractivity contribution in [3.63, 3.8) is 0 Å². The quantitative estimate of drug-likeness (QED) is 0.529. The summed E-state index contributed by atoms with van der Waals surface area (Å²) in [6, 6.07) is 9.73. The molecular weight excluding hydrogens is 422 g/mol. The van der Waals surface area contributed by atoms with Gasteiger partial charge in [0, 0.05) is 17.5 Å². The lowest BCUT2D eigenvalue weighted by Gasteiger charge is -2.25. The summed E-state index contributed by atoms with van der Waals surface area (Å²) in [7, 11) is 0. The van der Waals surface area contributed by atoms with Crippen molar-refractivity contribution in [3.05, 3.63) is 53.1 Å². The number of nitrogens with zero attached hydrogens (tertiary/aromatic N) is 2. The Hall–Kier alpha value is -2.58. The lowest BCUT2D eigenvalue weighted by Crippen LogP contribution is -2.49. The third-order valence-corrected chi connectivity index (χ3v) is 6.58. The number of carbonyl (C=O) groups excluding carboxylic acids is 2. The van der Waals surface area contributed by atoms with E-state index in [9.17, 15) is 9.59 Å². The SMILES string of the molecule is CC(C)(C)c1nnc(NC(=O)/C=C/[C@H](CCc2ccccc2)NC(=O)[C@@H]2CCCCN2)s1. The highest BCUT2D eigenvalue weighted by molar-refractivity contribution is 7.15. The third kappa shape index (κ3) is 7.53. The molecule has 1 aliphatic rings. The van der Waals surface area contributed by atoms with Gasteiger partial charge >= 0.3 is 0 Å². The van der Waals surface area contributed by atoms with Gasteiger partial charge in [-0.3, -0.25) is 14.9 Å². The molecule has 3 N–H and O–H groups in total. The van der Waals surface area contributed by atoms with Gasteiger partial charge in [-0.15, -0.1) is 10.2 Å². The Labute approximate surface area is 194 Å². The summed E-state index contributed by atoms with van der Waals surface area (Å²) < 4.78 is 0. The number of hydrogen-bond acceptors (Lipinski definition) is 6. The fraction of sp³-hybridized carbons (Fsp3) is 0.500. The smallest absolute Gasteiger partial charge is 0.249 e. The first kappa shape index (κ1) is 24.1. The number of hydrogen-bond donors (Lipinski definition) is 3. The van der Waals surface area contributed by atoms with Crippen LogP contribution < -0.4 is 16.0 Å². The van der Waals surface area contributed by atoms with Crippen LogP contribution in [0.15, 0.2) is 42.5 Å². The van der Waals surface area contributed by atoms with Crippen LogP contribution in [0, 0.1) is 0 Å². The highest BCUT2D eigenvalue weighted by Crippen LogP contribution is 2.27. The molecular formula is C24H33N5O2S. The first-order valence-corrected chi connectivity index (χ1v) is 12.0. The van der Waals surface area contributed by atoms with Crippen molar-refractivity contribution >= 4 is 28.3 Å². The standard InChI is InChI=1S/C24H33N5O2S/c1-24(2,3)22-28-29-23(32-22)27-20(30)15-14-18(13-12-17-9-5-4-6-10-17)26-21(31)19-11-7-8-16-25-19/h4-6,9-10,14-15,18-19,25H,7-8,11-13,16H2,1-3H3,(H,26,31)(H,27,29,30)/b15-14+/t18-,19-/m0/s1. The number of nitrogens with one attached hydrogen (secondary N) is 3. The molecule has 1 saturated heterocycles. The molecule has 0 spiro atoms. The van der Waals surface area contributed by atoms with E-state index in [0.29, 0.717) is 11.6 Å². The minimum atomic E-state index is -0.281. The second-order valence-corrected chi connectivity index (χ2v) is 10.1. The largest absolute Gasteiger partial charge is 0.349 e. The highest BCUT2D eigenvalue weighted by atomic mass is 32.1. The fourth-order valence-electron chi connectivity index (χ4n) is 3.47. The average Bonchev–Trinajstić information content (AvgIpc) is 3.26. The van der Waals surface area contributed by atoms with Gasteiger partial charge in [0.1, 0.15) is 5.01 Å². The summed E-state index contributed by atoms with van der Waals surface area (Å²) in [6.07, 6.45) is 7.75. The summed E-state index contributed by atoms with van der Waals surface area (Å²) in [6.45, 7) is 7.03. The number of aromatic nitrogens is 2. The second-order valence-electron chi connectivity index (χ2n) is 9.15. The maximum absolute atomic E-state index is 12.7. The lowest BCUT2D eigenvalue weighted by molar-refractivity contribution is -0.124. The van der Waals surface area contributed by atoms with Crippen molar-refractivity contribution < 1.29 is 9.59 Å². The van der Waals surface area contributed by atoms with Crippen LogP contribution in [0.4, 0.5) is 5.13 Å². The summed E-state index contributed by atoms with van der Waals surface area (Å²) in [5.41, 5.74) is 1.08. The molecule has 172 valence electrons. The van der Waals surface area contributed by atoms with Gasteiger partial charge in [0.25, 0.3) is 0 Å². The predicted octanol–water partition coefficient (Wildman–Crippen LogP) is 3.59. The molecule has 1 fully saturated rings. The zero-order chi connectivity index (χ0) is 23.0. The first-order valence-electron chi connectivity index (χ1n) is 11.2. The van der Waals surface area contributed by atoms with Crippen molar-refractivity contribution in [3.8, 4) is 0 Å². The second kappa shape index (κ2) is 11.3. The molecule has 0 unspecified atom stereocenters. The van der Waals surface area contributed by atoms with Gasteiger partial charge in [0.2, 0.25) is 16.9 Å². The maximum atomic E-state index is 12.7. The van der Waals surface area contributed by atoms with Crippen LogP contribution in [-0.4, -0.2) is 40.6 Å². The zero-order valence-electron chi connectivity index (χ0n) is 19.1. The molecule has 0 bridgehead atoms. The summed E-state index contributed by atoms with van der Waals surface area (Å²) >= 11 is 1.37. The Morgan fingerprint density at radius 1 is 1.22 bits per heavy atom. The van der Waals surface area contributed by atoms with Crippen LogP contribution in [0.5, 0.6) is 0 Å². The van der Waals surface area contributed by atoms with E-state index in [2.05, 4.69) is 59.1 Å². The van der Waals surface area contributed by atoms with Crippen molar-refractivity contribution in [2.24, 2.45) is 0 Å². The van der Waals surface area contributed by atoms with Gasteiger partial charge in [-0.05, 0) is 37.8 Å². The number of benzene rings is 1. The van der Waals surface area contributed by atoms with Crippen LogP contribution in [0.1, 0.15) is 57.0 Å². The van der Waals surface area contributed by atoms with Crippen LogP contribution in [0.3, 0.4) is 0 Å². The van der Waals surface area contributed by atoms with E-state index in [1.165, 1.54) is 23.0 Å². The Balaban J connectivity index is 1.61. The summed E-state index contributed by atoms with van der Waals surface area (Å²) in [5.74, 6) is -0.289. The minimum absolute atomic E-state index is 0.00763. The molecule has 2 aromatic rings. The Morgan fingerprint density at radius 3 is 2.66 bits per heavy atom. The number of piperidine rings is 1. The summed E-state index contributed by atoms with van der Waals surface area (Å²) in [4.78, 5) is 25.2. The van der Waals surface area contributed by atoms with E-state index in [1.807, 2.05) is 18.2 Å². The van der Waals surface area contributed by atoms with Gasteiger partial charge in [-0.1, -0.05) is 74.9 Å². The number of carbonyl (C=O) groups is 2. The number of aryl methyl sites for hydroxylation is 1. The predicted molar refractivity (Wildman–Crippen MR) is 129 cm³/mol. The minimum Gasteiger partial charge on any atom is -0.349 e. The molecule has 2 atom stereocenters. The average molecular weight is 456 g/mol. The van der Waals surface area contributed by atoms with Crippen LogP contribution in [-0.2, 0) is 21.4 Å². The number of rotatable bonds is 8. The number of amides is 2. The molecule has 0 aliphatic carbocycles. The highest BCUT2D eigenvalue weighted by Gasteiger charge is 2.22. The van der Waals surface area contributed by atoms with Gasteiger partial charge in [-0.25, -0.2) is 0 Å². The number of anilines is 1. The van der Waals surface area contributed by atoms with Gasteiger partial charge < -0.3 is 10.6 Å². The van der Waals surface area contributed by atoms with E-state index in [0.717, 1.165) is 37.2 Å². The Morgan fingerprint density at radius 2 is 2.00 bits per heavy atom. The molecule has 1 aromatic carbocycles. The van der Waals surface area contributed by atoms with Crippen LogP contribution in [0.25, 0.3) is 0 Å². The molecule has 3 rings (SSSR count). The molecule has 0 saturated carbocycles. The third-order valence-electron chi connectivity index (χ3n) is 5.32. The van der Waals surface area contributed by atoms with E-state index in [4.69, 9.17) is 0 Å². The van der Waals surface area contributed by atoms with E-state index >= 15 is 0 Å². The normalized spacial score (nSPS) is 17.8. The molecule has 1 aromatic heterocycles. The molecule has 0 radical (unpaired) electrons. The van der Waals surface area contributed by atoms with E-state index in [1.54, 1.807) is 6.08 Å². The molecule has 8 heteroatoms. The monoisotopic (exact) mass is 455 g/mol. The fourth-order valence-corrected chi connectivity index (χ4v) is 4.27. The molecule has 2 heterocycles. The molecule has 2 amide bonds. The van der Waals surface area contributed by atoms with Crippen LogP contribution in [0.2, 0.25) is 0 Å². The van der Waals surface area contributed by atoms with Crippen molar-refractivity contribution in [1.29, 1.82) is 0 Å². The van der Waals surface area contributed by atoms with Crippen molar-refractivity contribution in [2.75, 3.05) is 11.9 Å². The van der Waals surface area contributed by atoms with Gasteiger partial charge in [0.05, 0.1) is 6.04 Å². The maximum Gasteiger partial charge on any atom is 0.249 e. The molecule has 1 aliphatic heterocycles. The molecule has 7 nitrogen and oxygen atoms in total. The first-order chi connectivity index (χ1) is 15.3. The molecule has 32 heavy (non-hydrogen) atoms. The lowest BCUT2D eigenvalue weighted by atomic mass is 9.98. The van der Waals surface area contributed by atoms with Gasteiger partial charge in [-0.2, -0.15) is 0 Å². The Bertz CT molecular complexity index is 914. The summed E-state index contributed by atoms with van der Waals surface area (Å²) in [5, 5.41) is 18.7.